The highest BCUT2D eigenvalue weighted by molar-refractivity contribution is 5.99. The zero-order chi connectivity index (χ0) is 18.7. The summed E-state index contributed by atoms with van der Waals surface area (Å²) in [4.78, 5) is 26.3. The van der Waals surface area contributed by atoms with Crippen LogP contribution in [0.15, 0.2) is 42.5 Å². The minimum Gasteiger partial charge on any atom is -0.482 e. The summed E-state index contributed by atoms with van der Waals surface area (Å²) in [7, 11) is 0. The number of ether oxygens (including phenoxy) is 1. The van der Waals surface area contributed by atoms with E-state index in [0.29, 0.717) is 18.2 Å². The van der Waals surface area contributed by atoms with Gasteiger partial charge < -0.3 is 15.0 Å². The molecule has 1 aliphatic heterocycles. The molecule has 5 heteroatoms. The number of carbonyl (C=O) groups excluding carboxylic acids is 2. The third-order valence-corrected chi connectivity index (χ3v) is 4.56. The Morgan fingerprint density at radius 2 is 1.96 bits per heavy atom. The minimum absolute atomic E-state index is 0.00786. The molecular weight excluding hydrogens is 328 g/mol. The number of nitrogens with one attached hydrogen (secondary N) is 1. The Bertz CT molecular complexity index is 830. The molecule has 3 rings (SSSR count). The molecule has 1 N–H and O–H groups in total. The van der Waals surface area contributed by atoms with E-state index >= 15 is 0 Å². The lowest BCUT2D eigenvalue weighted by atomic mass is 9.98. The van der Waals surface area contributed by atoms with Crippen LogP contribution < -0.4 is 15.0 Å². The topological polar surface area (TPSA) is 58.6 Å². The van der Waals surface area contributed by atoms with Crippen molar-refractivity contribution in [1.82, 2.24) is 0 Å². The average molecular weight is 352 g/mol. The zero-order valence-electron chi connectivity index (χ0n) is 15.4. The van der Waals surface area contributed by atoms with Crippen LogP contribution in [0.5, 0.6) is 5.75 Å². The fourth-order valence-electron chi connectivity index (χ4n) is 3.16. The van der Waals surface area contributed by atoms with Crippen LogP contribution in [0.25, 0.3) is 0 Å². The summed E-state index contributed by atoms with van der Waals surface area (Å²) in [5, 5.41) is 3.03. The van der Waals surface area contributed by atoms with E-state index in [2.05, 4.69) is 19.2 Å². The summed E-state index contributed by atoms with van der Waals surface area (Å²) in [5.41, 5.74) is 3.75. The summed E-state index contributed by atoms with van der Waals surface area (Å²) in [6.07, 6.45) is 0.228. The predicted octanol–water partition coefficient (Wildman–Crippen LogP) is 3.87. The number of hydrogen-bond acceptors (Lipinski definition) is 3. The molecule has 0 aromatic heterocycles. The highest BCUT2D eigenvalue weighted by Gasteiger charge is 2.25. The molecule has 26 heavy (non-hydrogen) atoms. The van der Waals surface area contributed by atoms with Crippen LogP contribution in [0.2, 0.25) is 0 Å². The van der Waals surface area contributed by atoms with Gasteiger partial charge in [-0.1, -0.05) is 44.2 Å². The second-order valence-electron chi connectivity index (χ2n) is 6.79. The van der Waals surface area contributed by atoms with E-state index in [0.717, 1.165) is 22.5 Å². The fraction of sp³-hybridized carbons (Fsp3) is 0.333. The molecule has 136 valence electrons. The second kappa shape index (κ2) is 7.60. The van der Waals surface area contributed by atoms with Crippen LogP contribution in [-0.4, -0.2) is 25.0 Å². The van der Waals surface area contributed by atoms with Crippen LogP contribution in [0.3, 0.4) is 0 Å². The molecule has 0 saturated heterocycles. The van der Waals surface area contributed by atoms with Gasteiger partial charge in [0.1, 0.15) is 5.75 Å². The molecule has 0 atom stereocenters. The van der Waals surface area contributed by atoms with Crippen molar-refractivity contribution in [3.8, 4) is 5.75 Å². The second-order valence-corrected chi connectivity index (χ2v) is 6.79. The average Bonchev–Trinajstić information content (AvgIpc) is 2.62. The summed E-state index contributed by atoms with van der Waals surface area (Å²) in [6.45, 7) is 6.53. The van der Waals surface area contributed by atoms with E-state index in [1.807, 2.05) is 49.4 Å². The molecule has 2 amide bonds. The molecule has 0 unspecified atom stereocenters. The number of anilines is 2. The molecule has 0 radical (unpaired) electrons. The summed E-state index contributed by atoms with van der Waals surface area (Å²) >= 11 is 0. The molecule has 0 fully saturated rings. The van der Waals surface area contributed by atoms with E-state index in [-0.39, 0.29) is 24.8 Å². The van der Waals surface area contributed by atoms with Crippen molar-refractivity contribution in [2.45, 2.75) is 33.1 Å². The molecule has 0 bridgehead atoms. The smallest absolute Gasteiger partial charge is 0.265 e. The number of hydrogen-bond donors (Lipinski definition) is 1. The minimum atomic E-state index is -0.129. The molecule has 1 aliphatic rings. The maximum absolute atomic E-state index is 12.5. The molecule has 0 spiro atoms. The first-order chi connectivity index (χ1) is 12.5. The van der Waals surface area contributed by atoms with E-state index in [1.54, 1.807) is 4.90 Å². The lowest BCUT2D eigenvalue weighted by molar-refractivity contribution is -0.121. The highest BCUT2D eigenvalue weighted by Crippen LogP contribution is 2.32. The molecule has 2 aromatic carbocycles. The van der Waals surface area contributed by atoms with E-state index in [1.165, 1.54) is 0 Å². The largest absolute Gasteiger partial charge is 0.482 e. The van der Waals surface area contributed by atoms with Gasteiger partial charge in [0.05, 0.1) is 5.69 Å². The Labute approximate surface area is 154 Å². The molecule has 0 saturated carbocycles. The first-order valence-corrected chi connectivity index (χ1v) is 8.89. The van der Waals surface area contributed by atoms with Crippen LogP contribution >= 0.6 is 0 Å². The molecule has 0 aliphatic carbocycles. The summed E-state index contributed by atoms with van der Waals surface area (Å²) in [5.74, 6) is 0.764. The van der Waals surface area contributed by atoms with Gasteiger partial charge in [0.25, 0.3) is 5.91 Å². The molecular formula is C21H24N2O3. The number of carbonyl (C=O) groups is 2. The van der Waals surface area contributed by atoms with Gasteiger partial charge in [-0.15, -0.1) is 0 Å². The normalized spacial score (nSPS) is 13.4. The molecule has 1 heterocycles. The molecule has 2 aromatic rings. The van der Waals surface area contributed by atoms with Gasteiger partial charge >= 0.3 is 0 Å². The maximum atomic E-state index is 12.5. The van der Waals surface area contributed by atoms with Crippen molar-refractivity contribution in [2.75, 3.05) is 23.4 Å². The number of aryl methyl sites for hydroxylation is 1. The SMILES string of the molecule is Cc1cccc(C(C)C)c1NC(=O)CCN1C(=O)COc2ccccc21. The van der Waals surface area contributed by atoms with Crippen molar-refractivity contribution < 1.29 is 14.3 Å². The number of nitrogens with zero attached hydrogens (tertiary/aromatic N) is 1. The van der Waals surface area contributed by atoms with Gasteiger partial charge in [0, 0.05) is 18.7 Å². The van der Waals surface area contributed by atoms with Gasteiger partial charge in [-0.2, -0.15) is 0 Å². The van der Waals surface area contributed by atoms with E-state index < -0.39 is 0 Å². The van der Waals surface area contributed by atoms with Gasteiger partial charge in [0.2, 0.25) is 5.91 Å². The number of benzene rings is 2. The Hall–Kier alpha value is -2.82. The number of para-hydroxylation sites is 3. The first kappa shape index (κ1) is 18.0. The van der Waals surface area contributed by atoms with E-state index in [9.17, 15) is 9.59 Å². The van der Waals surface area contributed by atoms with Gasteiger partial charge in [0.15, 0.2) is 6.61 Å². The lowest BCUT2D eigenvalue weighted by Gasteiger charge is -2.29. The Morgan fingerprint density at radius 1 is 1.19 bits per heavy atom. The third-order valence-electron chi connectivity index (χ3n) is 4.56. The first-order valence-electron chi connectivity index (χ1n) is 8.89. The van der Waals surface area contributed by atoms with Gasteiger partial charge in [-0.05, 0) is 36.1 Å². The van der Waals surface area contributed by atoms with Crippen LogP contribution in [-0.2, 0) is 9.59 Å². The van der Waals surface area contributed by atoms with Crippen LogP contribution in [0.4, 0.5) is 11.4 Å². The standard InChI is InChI=1S/C21H24N2O3/c1-14(2)16-8-6-7-15(3)21(16)22-19(24)11-12-23-17-9-4-5-10-18(17)26-13-20(23)25/h4-10,14H,11-13H2,1-3H3,(H,22,24). The molecule has 5 nitrogen and oxygen atoms in total. The third kappa shape index (κ3) is 3.72. The maximum Gasteiger partial charge on any atom is 0.265 e. The fourth-order valence-corrected chi connectivity index (χ4v) is 3.16. The zero-order valence-corrected chi connectivity index (χ0v) is 15.4. The van der Waals surface area contributed by atoms with Crippen molar-refractivity contribution in [3.05, 3.63) is 53.6 Å². The highest BCUT2D eigenvalue weighted by atomic mass is 16.5. The van der Waals surface area contributed by atoms with Crippen LogP contribution in [0, 0.1) is 6.92 Å². The number of rotatable bonds is 5. The number of amides is 2. The quantitative estimate of drug-likeness (QED) is 0.888. The number of fused-ring (bicyclic) bond motifs is 1. The van der Waals surface area contributed by atoms with Crippen LogP contribution in [0.1, 0.15) is 37.3 Å². The summed E-state index contributed by atoms with van der Waals surface area (Å²) < 4.78 is 5.43. The van der Waals surface area contributed by atoms with Crippen molar-refractivity contribution in [2.24, 2.45) is 0 Å². The monoisotopic (exact) mass is 352 g/mol. The van der Waals surface area contributed by atoms with Gasteiger partial charge in [-0.3, -0.25) is 9.59 Å². The van der Waals surface area contributed by atoms with Crippen molar-refractivity contribution >= 4 is 23.2 Å². The van der Waals surface area contributed by atoms with E-state index in [4.69, 9.17) is 4.74 Å². The van der Waals surface area contributed by atoms with Crippen molar-refractivity contribution in [1.29, 1.82) is 0 Å². The lowest BCUT2D eigenvalue weighted by Crippen LogP contribution is -2.40. The van der Waals surface area contributed by atoms with Crippen molar-refractivity contribution in [3.63, 3.8) is 0 Å². The Balaban J connectivity index is 1.70. The van der Waals surface area contributed by atoms with Gasteiger partial charge in [-0.25, -0.2) is 0 Å². The predicted molar refractivity (Wildman–Crippen MR) is 103 cm³/mol. The summed E-state index contributed by atoms with van der Waals surface area (Å²) in [6, 6.07) is 13.4. The Morgan fingerprint density at radius 3 is 2.73 bits per heavy atom. The Kier molecular flexibility index (Phi) is 5.26.